The minimum atomic E-state index is -3.84. The quantitative estimate of drug-likeness (QED) is 0.260. The number of rotatable bonds is 11. The molecule has 0 radical (unpaired) electrons. The van der Waals surface area contributed by atoms with E-state index in [9.17, 15) is 18.0 Å². The smallest absolute Gasteiger partial charge is 0.244 e. The van der Waals surface area contributed by atoms with E-state index in [2.05, 4.69) is 26.1 Å². The van der Waals surface area contributed by atoms with E-state index in [1.165, 1.54) is 4.90 Å². The molecule has 0 aromatic heterocycles. The van der Waals surface area contributed by atoms with Gasteiger partial charge in [-0.2, -0.15) is 0 Å². The lowest BCUT2D eigenvalue weighted by molar-refractivity contribution is -0.140. The third-order valence-corrected chi connectivity index (χ3v) is 9.73. The van der Waals surface area contributed by atoms with Crippen LogP contribution < -0.4 is 9.62 Å². The number of nitrogens with zero attached hydrogens (tertiary/aromatic N) is 2. The molecule has 1 aliphatic rings. The van der Waals surface area contributed by atoms with Crippen LogP contribution in [-0.2, 0) is 38.0 Å². The van der Waals surface area contributed by atoms with E-state index in [0.717, 1.165) is 53.8 Å². The molecule has 3 aromatic rings. The van der Waals surface area contributed by atoms with E-state index in [4.69, 9.17) is 11.6 Å². The molecule has 0 bridgehead atoms. The van der Waals surface area contributed by atoms with Crippen LogP contribution in [0.5, 0.6) is 0 Å². The SMILES string of the molecule is CC(C)(C)c1ccc(N(CC(=O)N(Cc2ccccc2Cl)[C@H](Cc2ccccc2)C(=O)NC2CCCCC2)S(C)(=O)=O)cc1. The lowest BCUT2D eigenvalue weighted by atomic mass is 9.87. The van der Waals surface area contributed by atoms with Crippen LogP contribution in [0.2, 0.25) is 5.02 Å². The van der Waals surface area contributed by atoms with Gasteiger partial charge in [0.15, 0.2) is 0 Å². The van der Waals surface area contributed by atoms with Crippen LogP contribution in [0.15, 0.2) is 78.9 Å². The van der Waals surface area contributed by atoms with E-state index in [1.807, 2.05) is 60.7 Å². The van der Waals surface area contributed by atoms with Crippen LogP contribution >= 0.6 is 11.6 Å². The number of nitrogens with one attached hydrogen (secondary N) is 1. The van der Waals surface area contributed by atoms with Crippen molar-refractivity contribution >= 4 is 39.1 Å². The summed E-state index contributed by atoms with van der Waals surface area (Å²) >= 11 is 6.55. The highest BCUT2D eigenvalue weighted by Crippen LogP contribution is 2.27. The lowest BCUT2D eigenvalue weighted by Gasteiger charge is -2.35. The highest BCUT2D eigenvalue weighted by molar-refractivity contribution is 7.92. The zero-order valence-corrected chi connectivity index (χ0v) is 27.7. The number of amides is 2. The third kappa shape index (κ3) is 9.08. The first-order valence-electron chi connectivity index (χ1n) is 15.3. The molecular formula is C35H44ClN3O4S. The normalized spacial score (nSPS) is 14.9. The molecule has 1 fully saturated rings. The van der Waals surface area contributed by atoms with Gasteiger partial charge in [-0.25, -0.2) is 8.42 Å². The largest absolute Gasteiger partial charge is 0.352 e. The number of benzene rings is 3. The monoisotopic (exact) mass is 637 g/mol. The van der Waals surface area contributed by atoms with Gasteiger partial charge in [-0.05, 0) is 53.1 Å². The van der Waals surface area contributed by atoms with E-state index >= 15 is 0 Å². The van der Waals surface area contributed by atoms with E-state index in [1.54, 1.807) is 18.2 Å². The first-order valence-corrected chi connectivity index (χ1v) is 17.5. The van der Waals surface area contributed by atoms with Crippen LogP contribution in [0.25, 0.3) is 0 Å². The molecule has 44 heavy (non-hydrogen) atoms. The summed E-state index contributed by atoms with van der Waals surface area (Å²) in [5.74, 6) is -0.739. The third-order valence-electron chi connectivity index (χ3n) is 8.22. The van der Waals surface area contributed by atoms with Gasteiger partial charge in [0.25, 0.3) is 0 Å². The van der Waals surface area contributed by atoms with Gasteiger partial charge in [-0.15, -0.1) is 0 Å². The van der Waals surface area contributed by atoms with Crippen molar-refractivity contribution in [2.24, 2.45) is 0 Å². The van der Waals surface area contributed by atoms with Crippen molar-refractivity contribution in [2.45, 2.75) is 83.3 Å². The molecule has 0 spiro atoms. The Bertz CT molecular complexity index is 1520. The molecule has 236 valence electrons. The van der Waals surface area contributed by atoms with Crippen LogP contribution in [0.1, 0.15) is 69.6 Å². The van der Waals surface area contributed by atoms with Gasteiger partial charge in [-0.1, -0.05) is 112 Å². The minimum absolute atomic E-state index is 0.0423. The second-order valence-corrected chi connectivity index (χ2v) is 15.0. The first kappa shape index (κ1) is 33.5. The summed E-state index contributed by atoms with van der Waals surface area (Å²) in [5.41, 5.74) is 2.88. The van der Waals surface area contributed by atoms with E-state index in [0.29, 0.717) is 16.3 Å². The molecule has 4 rings (SSSR count). The van der Waals surface area contributed by atoms with Crippen LogP contribution in [-0.4, -0.2) is 50.0 Å². The van der Waals surface area contributed by atoms with Gasteiger partial charge >= 0.3 is 0 Å². The van der Waals surface area contributed by atoms with Crippen LogP contribution in [0.4, 0.5) is 5.69 Å². The van der Waals surface area contributed by atoms with Crippen LogP contribution in [0, 0.1) is 0 Å². The van der Waals surface area contributed by atoms with Crippen molar-refractivity contribution in [3.8, 4) is 0 Å². The Kier molecular flexibility index (Phi) is 11.1. The molecule has 2 amide bonds. The van der Waals surface area contributed by atoms with E-state index < -0.39 is 28.5 Å². The Hall–Kier alpha value is -3.36. The standard InChI is InChI=1S/C35H44ClN3O4S/c1-35(2,3)28-19-21-30(22-20-28)39(44(4,42)43)25-33(40)38(24-27-15-11-12-18-31(27)36)32(23-26-13-7-5-8-14-26)34(41)37-29-16-9-6-10-17-29/h5,7-8,11-15,18-22,29,32H,6,9-10,16-17,23-25H2,1-4H3,(H,37,41)/t32-/m1/s1. The number of hydrogen-bond donors (Lipinski definition) is 1. The summed E-state index contributed by atoms with van der Waals surface area (Å²) in [7, 11) is -3.84. The van der Waals surface area contributed by atoms with Gasteiger partial charge in [0.1, 0.15) is 12.6 Å². The Balaban J connectivity index is 1.72. The Morgan fingerprint density at radius 2 is 1.52 bits per heavy atom. The predicted octanol–water partition coefficient (Wildman–Crippen LogP) is 6.49. The maximum absolute atomic E-state index is 14.3. The summed E-state index contributed by atoms with van der Waals surface area (Å²) in [6, 6.07) is 23.2. The average Bonchev–Trinajstić information content (AvgIpc) is 2.98. The molecule has 1 N–H and O–H groups in total. The molecule has 7 nitrogen and oxygen atoms in total. The number of carbonyl (C=O) groups is 2. The predicted molar refractivity (Wildman–Crippen MR) is 178 cm³/mol. The zero-order valence-electron chi connectivity index (χ0n) is 26.1. The number of sulfonamides is 1. The Morgan fingerprint density at radius 3 is 2.11 bits per heavy atom. The summed E-state index contributed by atoms with van der Waals surface area (Å²) in [5, 5.41) is 3.68. The summed E-state index contributed by atoms with van der Waals surface area (Å²) in [4.78, 5) is 29.9. The van der Waals surface area contributed by atoms with Crippen molar-refractivity contribution in [1.29, 1.82) is 0 Å². The molecule has 0 unspecified atom stereocenters. The summed E-state index contributed by atoms with van der Waals surface area (Å²) < 4.78 is 27.3. The number of carbonyl (C=O) groups excluding carboxylic acids is 2. The molecule has 0 saturated heterocycles. The maximum atomic E-state index is 14.3. The number of hydrogen-bond acceptors (Lipinski definition) is 4. The summed E-state index contributed by atoms with van der Waals surface area (Å²) in [6.07, 6.45) is 6.41. The Morgan fingerprint density at radius 1 is 0.909 bits per heavy atom. The molecule has 1 atom stereocenters. The Labute approximate surface area is 267 Å². The van der Waals surface area contributed by atoms with Gasteiger partial charge in [0, 0.05) is 24.0 Å². The molecular weight excluding hydrogens is 594 g/mol. The van der Waals surface area contributed by atoms with Gasteiger partial charge < -0.3 is 10.2 Å². The minimum Gasteiger partial charge on any atom is -0.352 e. The molecule has 3 aromatic carbocycles. The lowest BCUT2D eigenvalue weighted by Crippen LogP contribution is -2.55. The van der Waals surface area contributed by atoms with Gasteiger partial charge in [0.05, 0.1) is 11.9 Å². The van der Waals surface area contributed by atoms with Crippen molar-refractivity contribution < 1.29 is 18.0 Å². The zero-order chi connectivity index (χ0) is 31.9. The molecule has 0 heterocycles. The molecule has 1 saturated carbocycles. The summed E-state index contributed by atoms with van der Waals surface area (Å²) in [6.45, 7) is 5.84. The molecule has 0 aliphatic heterocycles. The molecule has 1 aliphatic carbocycles. The highest BCUT2D eigenvalue weighted by atomic mass is 35.5. The van der Waals surface area contributed by atoms with Gasteiger partial charge in [-0.3, -0.25) is 13.9 Å². The van der Waals surface area contributed by atoms with Crippen molar-refractivity contribution in [3.05, 3.63) is 101 Å². The van der Waals surface area contributed by atoms with Crippen molar-refractivity contribution in [2.75, 3.05) is 17.1 Å². The first-order chi connectivity index (χ1) is 20.8. The van der Waals surface area contributed by atoms with Crippen molar-refractivity contribution in [3.63, 3.8) is 0 Å². The van der Waals surface area contributed by atoms with Gasteiger partial charge in [0.2, 0.25) is 21.8 Å². The molecule has 9 heteroatoms. The number of anilines is 1. The fourth-order valence-corrected chi connectivity index (χ4v) is 6.69. The topological polar surface area (TPSA) is 86.8 Å². The average molecular weight is 638 g/mol. The maximum Gasteiger partial charge on any atom is 0.244 e. The fourth-order valence-electron chi connectivity index (χ4n) is 5.65. The highest BCUT2D eigenvalue weighted by Gasteiger charge is 2.34. The second kappa shape index (κ2) is 14.6. The second-order valence-electron chi connectivity index (χ2n) is 12.7. The van der Waals surface area contributed by atoms with E-state index in [-0.39, 0.29) is 30.3 Å². The fraction of sp³-hybridized carbons (Fsp3) is 0.429. The van der Waals surface area contributed by atoms with Crippen LogP contribution in [0.3, 0.4) is 0 Å². The number of halogens is 1. The van der Waals surface area contributed by atoms with Crippen molar-refractivity contribution in [1.82, 2.24) is 10.2 Å².